The van der Waals surface area contributed by atoms with E-state index in [2.05, 4.69) is 0 Å². The van der Waals surface area contributed by atoms with Crippen LogP contribution in [0.1, 0.15) is 25.7 Å². The van der Waals surface area contributed by atoms with Gasteiger partial charge in [0.2, 0.25) is 10.1 Å². The molecule has 0 N–H and O–H groups in total. The van der Waals surface area contributed by atoms with Gasteiger partial charge in [0.25, 0.3) is 0 Å². The molecule has 1 saturated heterocycles. The summed E-state index contributed by atoms with van der Waals surface area (Å²) in [4.78, 5) is -5.69. The quantitative estimate of drug-likeness (QED) is 0.185. The third-order valence-electron chi connectivity index (χ3n) is 8.80. The molecule has 4 saturated carbocycles. The minimum Gasteiger partial charge on any atom is -0.325 e. The molecule has 1 heterocycles. The molecule has 13 heteroatoms. The number of epoxide rings is 1. The number of ether oxygens (including phenoxy) is 1. The minimum atomic E-state index is -1.67. The van der Waals surface area contributed by atoms with Gasteiger partial charge in [-0.05, 0) is 42.9 Å². The maximum absolute atomic E-state index is 7.21. The highest BCUT2D eigenvalue weighted by atomic mass is 35.5. The molecular weight excluding hydrogens is 658 g/mol. The zero-order valence-electron chi connectivity index (χ0n) is 15.1. The Morgan fingerprint density at radius 3 is 1.58 bits per heavy atom. The highest BCUT2D eigenvalue weighted by Gasteiger charge is 3.05. The van der Waals surface area contributed by atoms with E-state index >= 15 is 0 Å². The van der Waals surface area contributed by atoms with Crippen molar-refractivity contribution in [2.24, 2.45) is 23.7 Å². The summed E-state index contributed by atoms with van der Waals surface area (Å²) in [5, 5.41) is -2.71. The lowest BCUT2D eigenvalue weighted by molar-refractivity contribution is 0.136. The first-order valence-corrected chi connectivity index (χ1v) is 14.2. The van der Waals surface area contributed by atoms with Crippen LogP contribution in [0.5, 0.6) is 0 Å². The molecule has 4 bridgehead atoms. The van der Waals surface area contributed by atoms with Crippen molar-refractivity contribution in [1.82, 2.24) is 0 Å². The lowest BCUT2D eigenvalue weighted by atomic mass is 9.65. The third kappa shape index (κ3) is 1.96. The number of alkyl halides is 10. The summed E-state index contributed by atoms with van der Waals surface area (Å²) >= 11 is 82.6. The summed E-state index contributed by atoms with van der Waals surface area (Å²) in [6, 6.07) is 0. The van der Waals surface area contributed by atoms with Crippen molar-refractivity contribution in [3.63, 3.8) is 0 Å². The monoisotopic (exact) mass is 664 g/mol. The molecule has 1 nitrogen and oxygen atoms in total. The van der Waals surface area contributed by atoms with E-state index in [1.165, 1.54) is 0 Å². The molecule has 0 aromatic rings. The lowest BCUT2D eigenvalue weighted by Crippen LogP contribution is -2.53. The molecule has 0 spiro atoms. The van der Waals surface area contributed by atoms with Gasteiger partial charge in [-0.2, -0.15) is 0 Å². The molecule has 10 atom stereocenters. The maximum Gasteiger partial charge on any atom is 0.211 e. The van der Waals surface area contributed by atoms with Gasteiger partial charge in [-0.1, -0.05) is 99.2 Å². The summed E-state index contributed by atoms with van der Waals surface area (Å²) in [5.41, 5.74) is 0. The highest BCUT2D eigenvalue weighted by molar-refractivity contribution is 6.66. The predicted octanol–water partition coefficient (Wildman–Crippen LogP) is 8.93. The first-order valence-electron chi connectivity index (χ1n) is 9.63. The van der Waals surface area contributed by atoms with E-state index in [4.69, 9.17) is 144 Å². The van der Waals surface area contributed by atoms with Crippen LogP contribution >= 0.6 is 139 Å². The van der Waals surface area contributed by atoms with Crippen molar-refractivity contribution in [3.8, 4) is 0 Å². The Labute approximate surface area is 239 Å². The molecule has 174 valence electrons. The van der Waals surface area contributed by atoms with Crippen LogP contribution in [0.4, 0.5) is 0 Å². The average Bonchev–Trinajstić information content (AvgIpc) is 3.15. The first kappa shape index (κ1) is 24.5. The second-order valence-corrected chi connectivity index (χ2v) is 16.4. The van der Waals surface area contributed by atoms with Crippen LogP contribution < -0.4 is 0 Å². The number of hydrogen-bond donors (Lipinski definition) is 0. The van der Waals surface area contributed by atoms with Crippen LogP contribution in [0.3, 0.4) is 0 Å². The number of rotatable bonds is 0. The molecule has 0 radical (unpaired) electrons. The Bertz CT molecular complexity index is 969. The van der Waals surface area contributed by atoms with E-state index in [1.54, 1.807) is 0 Å². The topological polar surface area (TPSA) is 12.5 Å². The van der Waals surface area contributed by atoms with Crippen LogP contribution in [0.25, 0.3) is 0 Å². The van der Waals surface area contributed by atoms with Crippen molar-refractivity contribution in [2.75, 3.05) is 0 Å². The predicted molar refractivity (Wildman–Crippen MR) is 133 cm³/mol. The van der Waals surface area contributed by atoms with E-state index in [0.717, 1.165) is 0 Å². The fourth-order valence-electron chi connectivity index (χ4n) is 7.44. The SMILES string of the molecule is ClC1=C(Cl)C2(Cl)C3CC4C(CCCC3C1(Cl)C2(Cl)Cl)C1(Cl)C(Cl)(Cl)C4(Cl)C2(Cl)OC21Cl. The van der Waals surface area contributed by atoms with Gasteiger partial charge >= 0.3 is 0 Å². The normalized spacial score (nSPS) is 64.6. The van der Waals surface area contributed by atoms with Crippen molar-refractivity contribution in [3.05, 3.63) is 10.1 Å². The van der Waals surface area contributed by atoms with Gasteiger partial charge in [-0.15, -0.1) is 46.4 Å². The van der Waals surface area contributed by atoms with Crippen molar-refractivity contribution >= 4 is 139 Å². The van der Waals surface area contributed by atoms with Crippen LogP contribution in [-0.2, 0) is 4.74 Å². The molecule has 5 fully saturated rings. The second-order valence-electron chi connectivity index (χ2n) is 9.51. The Morgan fingerprint density at radius 1 is 0.581 bits per heavy atom. The summed E-state index contributed by atoms with van der Waals surface area (Å²) in [5.74, 6) is -1.40. The molecule has 1 aliphatic heterocycles. The van der Waals surface area contributed by atoms with E-state index in [-0.39, 0.29) is 21.9 Å². The van der Waals surface area contributed by atoms with Gasteiger partial charge in [0.1, 0.15) is 19.5 Å². The molecule has 6 aliphatic rings. The van der Waals surface area contributed by atoms with Crippen LogP contribution in [0, 0.1) is 23.7 Å². The number of halogens is 12. The van der Waals surface area contributed by atoms with E-state index < -0.39 is 50.1 Å². The maximum atomic E-state index is 7.21. The van der Waals surface area contributed by atoms with Gasteiger partial charge in [-0.3, -0.25) is 0 Å². The van der Waals surface area contributed by atoms with Crippen LogP contribution in [-0.4, -0.2) is 38.3 Å². The molecule has 10 unspecified atom stereocenters. The fourth-order valence-corrected chi connectivity index (χ4v) is 14.3. The Balaban J connectivity index is 1.53. The number of hydrogen-bond acceptors (Lipinski definition) is 1. The van der Waals surface area contributed by atoms with Crippen molar-refractivity contribution in [1.29, 1.82) is 0 Å². The second kappa shape index (κ2) is 6.24. The fraction of sp³-hybridized carbons (Fsp3) is 0.889. The lowest BCUT2D eigenvalue weighted by Gasteiger charge is -2.46. The number of fused-ring (bicyclic) bond motifs is 13. The van der Waals surface area contributed by atoms with Gasteiger partial charge in [0.05, 0.1) is 10.1 Å². The standard InChI is InChI=1S/C18H12Cl12O/c19-9-10(20)12(22)7-4-8-6(3-1-2-5(7)11(9,21)15(12,25)26)13(23)16(27,28)14(8,24)18(30)17(13,29)31-18/h5-8H,1-4H2. The van der Waals surface area contributed by atoms with E-state index in [1.807, 2.05) is 0 Å². The zero-order chi connectivity index (χ0) is 23.0. The largest absolute Gasteiger partial charge is 0.325 e. The Hall–Kier alpha value is 3.18. The summed E-state index contributed by atoms with van der Waals surface area (Å²) in [6.45, 7) is 0. The molecular formula is C18H12Cl12O. The smallest absolute Gasteiger partial charge is 0.211 e. The average molecular weight is 670 g/mol. The zero-order valence-corrected chi connectivity index (χ0v) is 24.2. The molecule has 6 rings (SSSR count). The molecule has 5 aliphatic carbocycles. The van der Waals surface area contributed by atoms with Gasteiger partial charge in [0.15, 0.2) is 8.67 Å². The van der Waals surface area contributed by atoms with Gasteiger partial charge in [-0.25, -0.2) is 0 Å². The molecule has 0 aromatic heterocycles. The summed E-state index contributed by atoms with van der Waals surface area (Å²) < 4.78 is 2.44. The molecule has 0 aromatic carbocycles. The van der Waals surface area contributed by atoms with Gasteiger partial charge < -0.3 is 4.74 Å². The Kier molecular flexibility index (Phi) is 4.94. The highest BCUT2D eigenvalue weighted by Crippen LogP contribution is 2.91. The van der Waals surface area contributed by atoms with Crippen LogP contribution in [0.15, 0.2) is 10.1 Å². The first-order chi connectivity index (χ1) is 14.0. The summed E-state index contributed by atoms with van der Waals surface area (Å²) in [6.07, 6.45) is 2.30. The summed E-state index contributed by atoms with van der Waals surface area (Å²) in [7, 11) is 0. The number of allylic oxidation sites excluding steroid dienone is 2. The molecule has 0 amide bonds. The Morgan fingerprint density at radius 2 is 1.03 bits per heavy atom. The van der Waals surface area contributed by atoms with E-state index in [9.17, 15) is 0 Å². The van der Waals surface area contributed by atoms with Crippen molar-refractivity contribution in [2.45, 2.75) is 64.0 Å². The molecule has 31 heavy (non-hydrogen) atoms. The minimum absolute atomic E-state index is 0.138. The third-order valence-corrected chi connectivity index (χ3v) is 18.0. The van der Waals surface area contributed by atoms with Gasteiger partial charge in [0, 0.05) is 0 Å². The van der Waals surface area contributed by atoms with Crippen LogP contribution in [0.2, 0.25) is 0 Å². The van der Waals surface area contributed by atoms with E-state index in [0.29, 0.717) is 25.7 Å². The van der Waals surface area contributed by atoms with Crippen molar-refractivity contribution < 1.29 is 4.74 Å².